The highest BCUT2D eigenvalue weighted by Crippen LogP contribution is 2.37. The van der Waals surface area contributed by atoms with Gasteiger partial charge in [-0.2, -0.15) is 5.26 Å². The molecule has 1 saturated heterocycles. The molecule has 40 heavy (non-hydrogen) atoms. The van der Waals surface area contributed by atoms with Crippen molar-refractivity contribution in [2.24, 2.45) is 5.92 Å². The van der Waals surface area contributed by atoms with Crippen molar-refractivity contribution < 1.29 is 9.59 Å². The van der Waals surface area contributed by atoms with Crippen LogP contribution in [0.2, 0.25) is 0 Å². The van der Waals surface area contributed by atoms with E-state index in [0.29, 0.717) is 36.7 Å². The number of fused-ring (bicyclic) bond motifs is 1. The first-order valence-corrected chi connectivity index (χ1v) is 14.1. The molecule has 3 aromatic heterocycles. The average Bonchev–Trinajstić information content (AvgIpc) is 3.65. The molecule has 1 fully saturated rings. The van der Waals surface area contributed by atoms with Crippen molar-refractivity contribution >= 4 is 39.6 Å². The van der Waals surface area contributed by atoms with Crippen LogP contribution >= 0.6 is 0 Å². The first-order valence-electron chi connectivity index (χ1n) is 14.1. The van der Waals surface area contributed by atoms with Gasteiger partial charge in [0.05, 0.1) is 46.9 Å². The summed E-state index contributed by atoms with van der Waals surface area (Å²) in [7, 11) is 0. The monoisotopic (exact) mass is 533 g/mol. The van der Waals surface area contributed by atoms with Crippen LogP contribution in [-0.4, -0.2) is 61.7 Å². The Morgan fingerprint density at radius 1 is 1.15 bits per heavy atom. The number of nitrogens with zero attached hydrogens (tertiary/aromatic N) is 6. The molecule has 2 amide bonds. The second-order valence-corrected chi connectivity index (χ2v) is 11.0. The van der Waals surface area contributed by atoms with E-state index in [-0.39, 0.29) is 18.4 Å². The first kappa shape index (κ1) is 24.5. The summed E-state index contributed by atoms with van der Waals surface area (Å²) in [5.41, 5.74) is 6.28. The highest BCUT2D eigenvalue weighted by Gasteiger charge is 2.32. The zero-order chi connectivity index (χ0) is 27.4. The predicted octanol–water partition coefficient (Wildman–Crippen LogP) is 4.26. The van der Waals surface area contributed by atoms with Crippen molar-refractivity contribution in [1.82, 2.24) is 29.1 Å². The Hall–Kier alpha value is -4.58. The minimum atomic E-state index is 0.00826. The Kier molecular flexibility index (Phi) is 5.84. The molecule has 9 heteroatoms. The lowest BCUT2D eigenvalue weighted by Crippen LogP contribution is -2.46. The molecule has 7 rings (SSSR count). The molecule has 0 saturated carbocycles. The number of hydrogen-bond acceptors (Lipinski definition) is 5. The number of piperidine rings is 1. The number of Topliss-reactive ketones (excluding diaryl/α,β-unsaturated/α-hetero) is 1. The van der Waals surface area contributed by atoms with Crippen LogP contribution in [0.3, 0.4) is 0 Å². The van der Waals surface area contributed by atoms with Crippen molar-refractivity contribution in [3.63, 3.8) is 0 Å². The van der Waals surface area contributed by atoms with Crippen LogP contribution in [0.15, 0.2) is 48.9 Å². The third kappa shape index (κ3) is 3.86. The van der Waals surface area contributed by atoms with Crippen molar-refractivity contribution in [2.75, 3.05) is 26.2 Å². The molecule has 1 aromatic carbocycles. The fourth-order valence-corrected chi connectivity index (χ4v) is 6.60. The van der Waals surface area contributed by atoms with E-state index in [2.05, 4.69) is 34.1 Å². The maximum atomic E-state index is 13.6. The van der Waals surface area contributed by atoms with E-state index in [9.17, 15) is 14.9 Å². The van der Waals surface area contributed by atoms with Gasteiger partial charge < -0.3 is 19.7 Å². The fraction of sp³-hybridized carbons (Fsp3) is 0.355. The molecule has 3 aliphatic heterocycles. The summed E-state index contributed by atoms with van der Waals surface area (Å²) in [5.74, 6) is 0.712. The summed E-state index contributed by atoms with van der Waals surface area (Å²) < 4.78 is 4.11. The molecule has 0 spiro atoms. The van der Waals surface area contributed by atoms with Gasteiger partial charge in [0.15, 0.2) is 5.78 Å². The number of likely N-dealkylation sites (tertiary alicyclic amines) is 1. The van der Waals surface area contributed by atoms with Gasteiger partial charge in [-0.3, -0.25) is 9.20 Å². The maximum absolute atomic E-state index is 13.6. The Labute approximate surface area is 232 Å². The maximum Gasteiger partial charge on any atom is 0.320 e. The Balaban J connectivity index is 1.31. The molecule has 202 valence electrons. The highest BCUT2D eigenvalue weighted by molar-refractivity contribution is 6.32. The normalized spacial score (nSPS) is 17.9. The SMILES string of the molecule is CCC1CCN(C(=O)N2CCn3cc(C4=C(c5cnc6ccccn56)C(=O)CN4)c4cc(C#N)cc(c43)C2)CC1. The van der Waals surface area contributed by atoms with Crippen molar-refractivity contribution in [3.05, 3.63) is 71.3 Å². The van der Waals surface area contributed by atoms with E-state index >= 15 is 0 Å². The second-order valence-electron chi connectivity index (χ2n) is 11.0. The Morgan fingerprint density at radius 2 is 2.00 bits per heavy atom. The van der Waals surface area contributed by atoms with Crippen LogP contribution in [0.1, 0.15) is 48.6 Å². The van der Waals surface area contributed by atoms with Crippen LogP contribution in [-0.2, 0) is 17.9 Å². The fourth-order valence-electron chi connectivity index (χ4n) is 6.60. The quantitative estimate of drug-likeness (QED) is 0.424. The first-order chi connectivity index (χ1) is 19.6. The topological polar surface area (TPSA) is 98.7 Å². The average molecular weight is 534 g/mol. The van der Waals surface area contributed by atoms with Gasteiger partial charge in [0.1, 0.15) is 5.65 Å². The number of imidazole rings is 1. The van der Waals surface area contributed by atoms with E-state index in [4.69, 9.17) is 0 Å². The van der Waals surface area contributed by atoms with Gasteiger partial charge in [-0.15, -0.1) is 0 Å². The van der Waals surface area contributed by atoms with Gasteiger partial charge in [-0.1, -0.05) is 19.4 Å². The van der Waals surface area contributed by atoms with Crippen molar-refractivity contribution in [3.8, 4) is 6.07 Å². The van der Waals surface area contributed by atoms with Crippen LogP contribution in [0, 0.1) is 17.2 Å². The molecule has 4 aromatic rings. The molecular weight excluding hydrogens is 502 g/mol. The molecule has 0 atom stereocenters. The molecular formula is C31H31N7O2. The lowest BCUT2D eigenvalue weighted by atomic mass is 9.95. The molecule has 3 aliphatic rings. The molecule has 0 aliphatic carbocycles. The zero-order valence-electron chi connectivity index (χ0n) is 22.6. The number of carbonyl (C=O) groups is 2. The number of hydrogen-bond donors (Lipinski definition) is 1. The number of carbonyl (C=O) groups excluding carboxylic acids is 2. The number of nitriles is 1. The summed E-state index contributed by atoms with van der Waals surface area (Å²) in [4.78, 5) is 35.2. The van der Waals surface area contributed by atoms with Gasteiger partial charge in [-0.05, 0) is 48.6 Å². The van der Waals surface area contributed by atoms with E-state index in [1.54, 1.807) is 6.20 Å². The van der Waals surface area contributed by atoms with Gasteiger partial charge in [0.25, 0.3) is 0 Å². The molecule has 9 nitrogen and oxygen atoms in total. The Bertz CT molecular complexity index is 1750. The van der Waals surface area contributed by atoms with Gasteiger partial charge >= 0.3 is 6.03 Å². The lowest BCUT2D eigenvalue weighted by Gasteiger charge is -2.35. The predicted molar refractivity (Wildman–Crippen MR) is 152 cm³/mol. The number of rotatable bonds is 3. The van der Waals surface area contributed by atoms with Crippen LogP contribution in [0.4, 0.5) is 4.79 Å². The molecule has 0 bridgehead atoms. The van der Waals surface area contributed by atoms with Gasteiger partial charge in [0.2, 0.25) is 0 Å². The second kappa shape index (κ2) is 9.56. The summed E-state index contributed by atoms with van der Waals surface area (Å²) in [6, 6.07) is 12.0. The summed E-state index contributed by atoms with van der Waals surface area (Å²) >= 11 is 0. The van der Waals surface area contributed by atoms with Crippen LogP contribution < -0.4 is 5.32 Å². The Morgan fingerprint density at radius 3 is 2.80 bits per heavy atom. The minimum absolute atomic E-state index is 0.00826. The van der Waals surface area contributed by atoms with Crippen molar-refractivity contribution in [1.29, 1.82) is 5.26 Å². The smallest absolute Gasteiger partial charge is 0.320 e. The van der Waals surface area contributed by atoms with Crippen LogP contribution in [0.25, 0.3) is 27.8 Å². The van der Waals surface area contributed by atoms with Gasteiger partial charge in [0, 0.05) is 56.1 Å². The largest absolute Gasteiger partial charge is 0.376 e. The van der Waals surface area contributed by atoms with Crippen LogP contribution in [0.5, 0.6) is 0 Å². The van der Waals surface area contributed by atoms with E-state index < -0.39 is 0 Å². The molecule has 6 heterocycles. The third-order valence-electron chi connectivity index (χ3n) is 8.78. The molecule has 0 radical (unpaired) electrons. The number of aromatic nitrogens is 3. The number of benzene rings is 1. The lowest BCUT2D eigenvalue weighted by molar-refractivity contribution is -0.112. The number of amides is 2. The number of ketones is 1. The van der Waals surface area contributed by atoms with E-state index in [0.717, 1.165) is 71.4 Å². The molecule has 1 N–H and O–H groups in total. The summed E-state index contributed by atoms with van der Waals surface area (Å²) in [5, 5.41) is 14.2. The standard InChI is InChI=1S/C31H31N7O2/c1-2-20-6-9-35(10-7-20)31(40)37-12-11-36-19-24(23-14-21(15-32)13-22(18-37)30(23)36)29-28(26(39)17-34-29)25-16-33-27-5-3-4-8-38(25)27/h3-5,8,13-14,16,19-20,34H,2,6-7,9-12,17-18H2,1H3. The third-order valence-corrected chi connectivity index (χ3v) is 8.78. The number of urea groups is 1. The van der Waals surface area contributed by atoms with E-state index in [1.807, 2.05) is 50.7 Å². The minimum Gasteiger partial charge on any atom is -0.376 e. The number of pyridine rings is 1. The van der Waals surface area contributed by atoms with Gasteiger partial charge in [-0.25, -0.2) is 9.78 Å². The van der Waals surface area contributed by atoms with E-state index in [1.165, 1.54) is 0 Å². The summed E-state index contributed by atoms with van der Waals surface area (Å²) in [6.07, 6.45) is 9.01. The van der Waals surface area contributed by atoms with Crippen molar-refractivity contribution in [2.45, 2.75) is 39.3 Å². The molecule has 0 unspecified atom stereocenters. The summed E-state index contributed by atoms with van der Waals surface area (Å²) in [6.45, 7) is 5.71. The zero-order valence-corrected chi connectivity index (χ0v) is 22.6. The highest BCUT2D eigenvalue weighted by atomic mass is 16.2. The number of nitrogens with one attached hydrogen (secondary N) is 1.